The van der Waals surface area contributed by atoms with Crippen LogP contribution in [0.5, 0.6) is 0 Å². The van der Waals surface area contributed by atoms with Gasteiger partial charge < -0.3 is 5.11 Å². The van der Waals surface area contributed by atoms with E-state index in [1.807, 2.05) is 0 Å². The average molecular weight is 232 g/mol. The van der Waals surface area contributed by atoms with E-state index in [2.05, 4.69) is 20.9 Å². The van der Waals surface area contributed by atoms with Crippen LogP contribution >= 0.6 is 15.9 Å². The molecule has 1 heterocycles. The fraction of sp³-hybridized carbons (Fsp3) is 0. The molecule has 1 aromatic rings. The second kappa shape index (κ2) is 6.48. The number of hydrogen-bond donors (Lipinski definition) is 1. The van der Waals surface area contributed by atoms with E-state index >= 15 is 0 Å². The largest absolute Gasteiger partial charge is 0.483 e. The van der Waals surface area contributed by atoms with Gasteiger partial charge in [0.05, 0.1) is 0 Å². The lowest BCUT2D eigenvalue weighted by molar-refractivity contribution is -0.122. The zero-order valence-electron chi connectivity index (χ0n) is 5.98. The first-order valence-electron chi connectivity index (χ1n) is 2.88. The molecule has 0 amide bonds. The maximum atomic E-state index is 10.1. The number of carboxylic acid groups (broad SMARTS) is 1. The standard InChI is InChI=1S/C6H4BrNO.CH2O2/c7-6-1-5(4-9)2-8-3-6;2-1-3/h1-4H;1H,(H,2,3). The summed E-state index contributed by atoms with van der Waals surface area (Å²) in [5.41, 5.74) is 0.587. The van der Waals surface area contributed by atoms with Gasteiger partial charge in [0.2, 0.25) is 0 Å². The van der Waals surface area contributed by atoms with Crippen LogP contribution in [0.4, 0.5) is 0 Å². The Balaban J connectivity index is 0.000000354. The van der Waals surface area contributed by atoms with Gasteiger partial charge in [-0.25, -0.2) is 0 Å². The van der Waals surface area contributed by atoms with E-state index in [-0.39, 0.29) is 6.47 Å². The third-order valence-electron chi connectivity index (χ3n) is 0.862. The van der Waals surface area contributed by atoms with Gasteiger partial charge in [-0.1, -0.05) is 0 Å². The summed E-state index contributed by atoms with van der Waals surface area (Å²) in [7, 11) is 0. The SMILES string of the molecule is O=CO.O=Cc1cncc(Br)c1. The second-order valence-corrected chi connectivity index (χ2v) is 2.58. The number of aromatic nitrogens is 1. The van der Waals surface area contributed by atoms with E-state index in [0.29, 0.717) is 5.56 Å². The number of halogens is 1. The van der Waals surface area contributed by atoms with Gasteiger partial charge in [0, 0.05) is 22.4 Å². The van der Waals surface area contributed by atoms with E-state index in [0.717, 1.165) is 10.8 Å². The van der Waals surface area contributed by atoms with Crippen LogP contribution in [0.3, 0.4) is 0 Å². The molecule has 0 aromatic carbocycles. The van der Waals surface area contributed by atoms with Crippen molar-refractivity contribution in [1.82, 2.24) is 4.98 Å². The summed E-state index contributed by atoms with van der Waals surface area (Å²) in [5.74, 6) is 0. The monoisotopic (exact) mass is 231 g/mol. The molecule has 5 heteroatoms. The molecule has 1 N–H and O–H groups in total. The van der Waals surface area contributed by atoms with Crippen LogP contribution in [-0.2, 0) is 4.79 Å². The molecule has 0 saturated carbocycles. The minimum atomic E-state index is -0.250. The van der Waals surface area contributed by atoms with E-state index in [1.165, 1.54) is 6.20 Å². The molecule has 0 aliphatic rings. The highest BCUT2D eigenvalue weighted by molar-refractivity contribution is 9.10. The van der Waals surface area contributed by atoms with Crippen LogP contribution in [0.15, 0.2) is 22.9 Å². The van der Waals surface area contributed by atoms with Crippen molar-refractivity contribution in [3.05, 3.63) is 28.5 Å². The molecule has 0 atom stereocenters. The average Bonchev–Trinajstić information content (AvgIpc) is 2.06. The van der Waals surface area contributed by atoms with Crippen molar-refractivity contribution in [3.63, 3.8) is 0 Å². The fourth-order valence-electron chi connectivity index (χ4n) is 0.493. The van der Waals surface area contributed by atoms with Crippen LogP contribution in [0, 0.1) is 0 Å². The van der Waals surface area contributed by atoms with Gasteiger partial charge in [0.25, 0.3) is 6.47 Å². The Morgan fingerprint density at radius 2 is 2.00 bits per heavy atom. The van der Waals surface area contributed by atoms with Crippen LogP contribution < -0.4 is 0 Å². The van der Waals surface area contributed by atoms with E-state index in [1.54, 1.807) is 12.3 Å². The zero-order chi connectivity index (χ0) is 9.40. The maximum absolute atomic E-state index is 10.1. The zero-order valence-corrected chi connectivity index (χ0v) is 7.56. The van der Waals surface area contributed by atoms with Crippen molar-refractivity contribution in [1.29, 1.82) is 0 Å². The summed E-state index contributed by atoms with van der Waals surface area (Å²) in [6.07, 6.45) is 3.91. The summed E-state index contributed by atoms with van der Waals surface area (Å²) >= 11 is 3.18. The predicted octanol–water partition coefficient (Wildman–Crippen LogP) is 1.36. The third kappa shape index (κ3) is 4.56. The Morgan fingerprint density at radius 1 is 1.42 bits per heavy atom. The molecule has 0 unspecified atom stereocenters. The lowest BCUT2D eigenvalue weighted by Crippen LogP contribution is -1.79. The molecular formula is C7H6BrNO3. The van der Waals surface area contributed by atoms with Crippen molar-refractivity contribution in [2.75, 3.05) is 0 Å². The van der Waals surface area contributed by atoms with Gasteiger partial charge in [0.15, 0.2) is 6.29 Å². The quantitative estimate of drug-likeness (QED) is 0.742. The Labute approximate surface area is 77.4 Å². The highest BCUT2D eigenvalue weighted by atomic mass is 79.9. The number of rotatable bonds is 1. The third-order valence-corrected chi connectivity index (χ3v) is 1.30. The molecule has 0 aliphatic heterocycles. The molecule has 1 aromatic heterocycles. The summed E-state index contributed by atoms with van der Waals surface area (Å²) in [4.78, 5) is 22.2. The number of nitrogens with zero attached hydrogens (tertiary/aromatic N) is 1. The molecule has 64 valence electrons. The fourth-order valence-corrected chi connectivity index (χ4v) is 0.875. The van der Waals surface area contributed by atoms with Crippen molar-refractivity contribution in [3.8, 4) is 0 Å². The van der Waals surface area contributed by atoms with Crippen LogP contribution in [0.1, 0.15) is 10.4 Å². The molecule has 0 spiro atoms. The number of aldehydes is 1. The predicted molar refractivity (Wildman–Crippen MR) is 46.0 cm³/mol. The van der Waals surface area contributed by atoms with E-state index < -0.39 is 0 Å². The van der Waals surface area contributed by atoms with Crippen molar-refractivity contribution in [2.45, 2.75) is 0 Å². The Kier molecular flexibility index (Phi) is 5.81. The lowest BCUT2D eigenvalue weighted by atomic mass is 10.3. The van der Waals surface area contributed by atoms with Crippen molar-refractivity contribution >= 4 is 28.7 Å². The molecular weight excluding hydrogens is 226 g/mol. The Bertz CT molecular complexity index is 265. The summed E-state index contributed by atoms with van der Waals surface area (Å²) in [6, 6.07) is 1.71. The minimum Gasteiger partial charge on any atom is -0.483 e. The summed E-state index contributed by atoms with van der Waals surface area (Å²) in [6.45, 7) is -0.250. The van der Waals surface area contributed by atoms with Gasteiger partial charge in [0.1, 0.15) is 0 Å². The van der Waals surface area contributed by atoms with Crippen LogP contribution in [0.25, 0.3) is 0 Å². The number of carbonyl (C=O) groups is 2. The van der Waals surface area contributed by atoms with Crippen molar-refractivity contribution < 1.29 is 14.7 Å². The van der Waals surface area contributed by atoms with Gasteiger partial charge in [-0.3, -0.25) is 14.6 Å². The molecule has 0 bridgehead atoms. The van der Waals surface area contributed by atoms with Crippen molar-refractivity contribution in [2.24, 2.45) is 0 Å². The first kappa shape index (κ1) is 10.8. The van der Waals surface area contributed by atoms with E-state index in [9.17, 15) is 4.79 Å². The number of hydrogen-bond acceptors (Lipinski definition) is 3. The Morgan fingerprint density at radius 3 is 2.33 bits per heavy atom. The molecule has 0 radical (unpaired) electrons. The van der Waals surface area contributed by atoms with Gasteiger partial charge in [-0.2, -0.15) is 0 Å². The normalized spacial score (nSPS) is 7.75. The maximum Gasteiger partial charge on any atom is 0.290 e. The van der Waals surface area contributed by atoms with Gasteiger partial charge in [-0.05, 0) is 22.0 Å². The smallest absolute Gasteiger partial charge is 0.290 e. The van der Waals surface area contributed by atoms with Gasteiger partial charge >= 0.3 is 0 Å². The highest BCUT2D eigenvalue weighted by Crippen LogP contribution is 2.07. The molecule has 12 heavy (non-hydrogen) atoms. The molecule has 4 nitrogen and oxygen atoms in total. The first-order chi connectivity index (χ1) is 5.74. The molecule has 0 fully saturated rings. The second-order valence-electron chi connectivity index (χ2n) is 1.66. The minimum absolute atomic E-state index is 0.250. The summed E-state index contributed by atoms with van der Waals surface area (Å²) in [5, 5.41) is 6.89. The van der Waals surface area contributed by atoms with Crippen LogP contribution in [-0.4, -0.2) is 22.8 Å². The first-order valence-corrected chi connectivity index (χ1v) is 3.67. The highest BCUT2D eigenvalue weighted by Gasteiger charge is 1.88. The van der Waals surface area contributed by atoms with E-state index in [4.69, 9.17) is 9.90 Å². The molecule has 1 rings (SSSR count). The topological polar surface area (TPSA) is 67.3 Å². The molecule has 0 saturated heterocycles. The van der Waals surface area contributed by atoms with Gasteiger partial charge in [-0.15, -0.1) is 0 Å². The number of pyridine rings is 1. The lowest BCUT2D eigenvalue weighted by Gasteiger charge is -1.87. The summed E-state index contributed by atoms with van der Waals surface area (Å²) < 4.78 is 0.826. The molecule has 0 aliphatic carbocycles. The number of carbonyl (C=O) groups excluding carboxylic acids is 1. The van der Waals surface area contributed by atoms with Crippen LogP contribution in [0.2, 0.25) is 0 Å². The Hall–Kier alpha value is -1.23.